The van der Waals surface area contributed by atoms with Gasteiger partial charge in [-0.05, 0) is 67.3 Å². The molecule has 3 rings (SSSR count). The molecule has 1 atom stereocenters. The Bertz CT molecular complexity index is 1240. The molecule has 0 aliphatic carbocycles. The number of thiophene rings is 1. The Hall–Kier alpha value is -2.91. The first-order valence-electron chi connectivity index (χ1n) is 10.5. The average Bonchev–Trinajstić information content (AvgIpc) is 3.34. The molecule has 0 radical (unpaired) electrons. The highest BCUT2D eigenvalue weighted by atomic mass is 32.2. The van der Waals surface area contributed by atoms with E-state index in [4.69, 9.17) is 10.5 Å². The molecule has 9 heteroatoms. The highest BCUT2D eigenvalue weighted by Crippen LogP contribution is 2.32. The van der Waals surface area contributed by atoms with Gasteiger partial charge in [-0.3, -0.25) is 4.98 Å². The van der Waals surface area contributed by atoms with Crippen molar-refractivity contribution in [2.45, 2.75) is 39.7 Å². The maximum absolute atomic E-state index is 13.3. The van der Waals surface area contributed by atoms with Crippen molar-refractivity contribution in [2.24, 2.45) is 11.7 Å². The molecule has 1 amide bonds. The third kappa shape index (κ3) is 6.11. The van der Waals surface area contributed by atoms with E-state index in [0.717, 1.165) is 22.3 Å². The van der Waals surface area contributed by atoms with Crippen LogP contribution in [-0.4, -0.2) is 34.8 Å². The van der Waals surface area contributed by atoms with E-state index >= 15 is 0 Å². The SMILES string of the molecule is Cc1cscc1-c1cc(CC(C)C(C)(C)OC(N)=O)cn1S(=O)(=O)CC=Cc1cccnc1. The standard InChI is InChI=1S/C24H29N3O4S2/c1-17-15-32-16-21(17)22-12-20(11-18(2)24(3,4)31-23(25)28)14-27(22)33(29,30)10-6-8-19-7-5-9-26-13-19/h5-9,12-16,18H,10-11H2,1-4H3,(H2,25,28). The first kappa shape index (κ1) is 24.7. The monoisotopic (exact) mass is 487 g/mol. The van der Waals surface area contributed by atoms with Crippen LogP contribution in [0.1, 0.15) is 37.5 Å². The van der Waals surface area contributed by atoms with Gasteiger partial charge in [0.25, 0.3) is 0 Å². The number of nitrogens with two attached hydrogens (primary N) is 1. The summed E-state index contributed by atoms with van der Waals surface area (Å²) in [5.74, 6) is -0.247. The van der Waals surface area contributed by atoms with Gasteiger partial charge in [0.15, 0.2) is 0 Å². The zero-order valence-electron chi connectivity index (χ0n) is 19.2. The van der Waals surface area contributed by atoms with Gasteiger partial charge in [-0.15, -0.1) is 0 Å². The molecule has 0 saturated heterocycles. The van der Waals surface area contributed by atoms with Crippen LogP contribution in [0.4, 0.5) is 4.79 Å². The van der Waals surface area contributed by atoms with Gasteiger partial charge in [-0.2, -0.15) is 11.3 Å². The van der Waals surface area contributed by atoms with Crippen molar-refractivity contribution in [3.05, 3.63) is 70.3 Å². The summed E-state index contributed by atoms with van der Waals surface area (Å²) in [6, 6.07) is 5.56. The fourth-order valence-electron chi connectivity index (χ4n) is 3.48. The van der Waals surface area contributed by atoms with Crippen molar-refractivity contribution in [1.82, 2.24) is 8.96 Å². The summed E-state index contributed by atoms with van der Waals surface area (Å²) >= 11 is 1.53. The van der Waals surface area contributed by atoms with Crippen LogP contribution in [0.5, 0.6) is 0 Å². The van der Waals surface area contributed by atoms with Crippen LogP contribution >= 0.6 is 11.3 Å². The second-order valence-electron chi connectivity index (χ2n) is 8.59. The zero-order valence-corrected chi connectivity index (χ0v) is 20.8. The van der Waals surface area contributed by atoms with E-state index in [1.807, 2.05) is 36.7 Å². The summed E-state index contributed by atoms with van der Waals surface area (Å²) in [4.78, 5) is 15.3. The molecule has 1 unspecified atom stereocenters. The first-order valence-corrected chi connectivity index (χ1v) is 13.1. The lowest BCUT2D eigenvalue weighted by molar-refractivity contribution is 0.00479. The minimum atomic E-state index is -3.66. The van der Waals surface area contributed by atoms with Crippen molar-refractivity contribution < 1.29 is 17.9 Å². The lowest BCUT2D eigenvalue weighted by Crippen LogP contribution is -2.38. The lowest BCUT2D eigenvalue weighted by Gasteiger charge is -2.30. The maximum atomic E-state index is 13.3. The summed E-state index contributed by atoms with van der Waals surface area (Å²) in [6.45, 7) is 7.50. The van der Waals surface area contributed by atoms with E-state index in [1.165, 1.54) is 15.3 Å². The van der Waals surface area contributed by atoms with Crippen molar-refractivity contribution >= 4 is 33.5 Å². The summed E-state index contributed by atoms with van der Waals surface area (Å²) in [7, 11) is -3.66. The zero-order chi connectivity index (χ0) is 24.2. The van der Waals surface area contributed by atoms with Crippen LogP contribution in [0.2, 0.25) is 0 Å². The average molecular weight is 488 g/mol. The Balaban J connectivity index is 1.93. The molecule has 2 N–H and O–H groups in total. The summed E-state index contributed by atoms with van der Waals surface area (Å²) in [6.07, 6.45) is 8.07. The fourth-order valence-corrected chi connectivity index (χ4v) is 5.57. The third-order valence-corrected chi connectivity index (χ3v) is 8.04. The van der Waals surface area contributed by atoms with E-state index in [1.54, 1.807) is 50.7 Å². The summed E-state index contributed by atoms with van der Waals surface area (Å²) in [5.41, 5.74) is 8.60. The second-order valence-corrected chi connectivity index (χ2v) is 11.2. The molecule has 0 bridgehead atoms. The van der Waals surface area contributed by atoms with Gasteiger partial charge in [-0.1, -0.05) is 25.1 Å². The predicted octanol–water partition coefficient (Wildman–Crippen LogP) is 4.86. The Morgan fingerprint density at radius 2 is 2.12 bits per heavy atom. The van der Waals surface area contributed by atoms with Gasteiger partial charge < -0.3 is 10.5 Å². The fraction of sp³-hybridized carbons (Fsp3) is 0.333. The molecule has 0 aliphatic heterocycles. The largest absolute Gasteiger partial charge is 0.443 e. The number of rotatable bonds is 9. The Kier molecular flexibility index (Phi) is 7.44. The number of pyridine rings is 1. The number of carbonyl (C=O) groups excluding carboxylic acids is 1. The minimum absolute atomic E-state index is 0.0922. The molecule has 3 heterocycles. The molecule has 0 saturated carbocycles. The highest BCUT2D eigenvalue weighted by Gasteiger charge is 2.30. The number of amides is 1. The number of hydrogen-bond donors (Lipinski definition) is 1. The topological polar surface area (TPSA) is 104 Å². The number of nitrogens with zero attached hydrogens (tertiary/aromatic N) is 2. The van der Waals surface area contributed by atoms with E-state index < -0.39 is 21.7 Å². The van der Waals surface area contributed by atoms with E-state index in [9.17, 15) is 13.2 Å². The molecule has 0 spiro atoms. The molecule has 0 aromatic carbocycles. The number of carbonyl (C=O) groups is 1. The molecule has 7 nitrogen and oxygen atoms in total. The second kappa shape index (κ2) is 9.93. The van der Waals surface area contributed by atoms with Gasteiger partial charge in [0.05, 0.1) is 11.4 Å². The summed E-state index contributed by atoms with van der Waals surface area (Å²) in [5, 5.41) is 3.95. The van der Waals surface area contributed by atoms with Crippen LogP contribution in [-0.2, 0) is 21.2 Å². The Morgan fingerprint density at radius 3 is 2.73 bits per heavy atom. The van der Waals surface area contributed by atoms with Crippen LogP contribution < -0.4 is 5.73 Å². The number of primary amides is 1. The van der Waals surface area contributed by atoms with Crippen LogP contribution in [0.25, 0.3) is 17.3 Å². The van der Waals surface area contributed by atoms with Crippen molar-refractivity contribution in [3.8, 4) is 11.3 Å². The van der Waals surface area contributed by atoms with Crippen molar-refractivity contribution in [3.63, 3.8) is 0 Å². The molecule has 176 valence electrons. The molecule has 0 aliphatic rings. The number of hydrogen-bond acceptors (Lipinski definition) is 6. The number of aromatic nitrogens is 2. The molecular formula is C24H29N3O4S2. The van der Waals surface area contributed by atoms with Crippen molar-refractivity contribution in [1.29, 1.82) is 0 Å². The predicted molar refractivity (Wildman–Crippen MR) is 133 cm³/mol. The maximum Gasteiger partial charge on any atom is 0.405 e. The minimum Gasteiger partial charge on any atom is -0.443 e. The first-order chi connectivity index (χ1) is 15.5. The molecule has 0 fully saturated rings. The summed E-state index contributed by atoms with van der Waals surface area (Å²) < 4.78 is 33.2. The van der Waals surface area contributed by atoms with Crippen LogP contribution in [0.15, 0.2) is 53.6 Å². The van der Waals surface area contributed by atoms with Gasteiger partial charge >= 0.3 is 6.09 Å². The van der Waals surface area contributed by atoms with Gasteiger partial charge in [-0.25, -0.2) is 17.2 Å². The molecular weight excluding hydrogens is 458 g/mol. The smallest absolute Gasteiger partial charge is 0.405 e. The van der Waals surface area contributed by atoms with E-state index in [2.05, 4.69) is 4.98 Å². The molecule has 33 heavy (non-hydrogen) atoms. The van der Waals surface area contributed by atoms with Crippen molar-refractivity contribution in [2.75, 3.05) is 5.75 Å². The highest BCUT2D eigenvalue weighted by molar-refractivity contribution is 7.90. The Labute approximate surface area is 199 Å². The number of ether oxygens (including phenoxy) is 1. The quantitative estimate of drug-likeness (QED) is 0.464. The molecule has 3 aromatic rings. The van der Waals surface area contributed by atoms with Gasteiger partial charge in [0.2, 0.25) is 10.0 Å². The third-order valence-electron chi connectivity index (χ3n) is 5.67. The van der Waals surface area contributed by atoms with Crippen LogP contribution in [0.3, 0.4) is 0 Å². The molecule has 3 aromatic heterocycles. The van der Waals surface area contributed by atoms with E-state index in [0.29, 0.717) is 12.1 Å². The van der Waals surface area contributed by atoms with E-state index in [-0.39, 0.29) is 11.7 Å². The van der Waals surface area contributed by atoms with Crippen LogP contribution in [0, 0.1) is 12.8 Å². The number of aryl methyl sites for hydroxylation is 1. The normalized spacial score (nSPS) is 13.3. The lowest BCUT2D eigenvalue weighted by atomic mass is 9.87. The van der Waals surface area contributed by atoms with Gasteiger partial charge in [0, 0.05) is 29.5 Å². The Morgan fingerprint density at radius 1 is 1.36 bits per heavy atom. The van der Waals surface area contributed by atoms with Gasteiger partial charge in [0.1, 0.15) is 5.60 Å².